The van der Waals surface area contributed by atoms with Crippen LogP contribution in [0, 0.1) is 0 Å². The highest BCUT2D eigenvalue weighted by Crippen LogP contribution is 2.41. The number of Topliss-reactive ketones (excluding diaryl/α,β-unsaturated/α-hetero) is 1. The fraction of sp³-hybridized carbons (Fsp3) is 0.571. The lowest BCUT2D eigenvalue weighted by atomic mass is 10.1. The summed E-state index contributed by atoms with van der Waals surface area (Å²) in [4.78, 5) is 26.3. The number of halogens is 1. The third-order valence-corrected chi connectivity index (χ3v) is 5.15. The minimum absolute atomic E-state index is 0.0463. The molecule has 1 amide bonds. The summed E-state index contributed by atoms with van der Waals surface area (Å²) < 4.78 is 0. The van der Waals surface area contributed by atoms with Crippen LogP contribution in [0.3, 0.4) is 0 Å². The Bertz CT molecular complexity index is 462. The van der Waals surface area contributed by atoms with Gasteiger partial charge in [-0.05, 0) is 18.9 Å². The van der Waals surface area contributed by atoms with E-state index in [2.05, 4.69) is 10.2 Å². The Balaban J connectivity index is 1.78. The summed E-state index contributed by atoms with van der Waals surface area (Å²) in [5.74, 6) is 0.762. The highest BCUT2D eigenvalue weighted by molar-refractivity contribution is 8.04. The largest absolute Gasteiger partial charge is 0.361 e. The van der Waals surface area contributed by atoms with Gasteiger partial charge in [-0.25, -0.2) is 0 Å². The van der Waals surface area contributed by atoms with E-state index in [0.29, 0.717) is 31.7 Å². The molecule has 0 radical (unpaired) electrons. The van der Waals surface area contributed by atoms with Crippen LogP contribution in [0.5, 0.6) is 0 Å². The molecule has 1 heterocycles. The Kier molecular flexibility index (Phi) is 5.54. The van der Waals surface area contributed by atoms with Crippen molar-refractivity contribution in [1.29, 1.82) is 0 Å². The molecule has 0 saturated carbocycles. The monoisotopic (exact) mass is 314 g/mol. The number of nitrogens with zero attached hydrogens (tertiary/aromatic N) is 1. The molecule has 0 fully saturated rings. The molecule has 1 N–H and O–H groups in total. The maximum Gasteiger partial charge on any atom is 0.220 e. The second-order valence-electron chi connectivity index (χ2n) is 4.86. The molecule has 4 nitrogen and oxygen atoms in total. The summed E-state index contributed by atoms with van der Waals surface area (Å²) in [7, 11) is 2.00. The molecule has 0 aromatic rings. The lowest BCUT2D eigenvalue weighted by molar-refractivity contribution is -0.121. The van der Waals surface area contributed by atoms with Crippen molar-refractivity contribution in [3.05, 3.63) is 22.8 Å². The number of hydrogen-bond donors (Lipinski definition) is 1. The Morgan fingerprint density at radius 1 is 1.60 bits per heavy atom. The first kappa shape index (κ1) is 15.4. The molecular formula is C14H19ClN2O2S. The summed E-state index contributed by atoms with van der Waals surface area (Å²) in [6.45, 7) is 0.627. The van der Waals surface area contributed by atoms with E-state index in [-0.39, 0.29) is 17.1 Å². The molecule has 0 saturated heterocycles. The topological polar surface area (TPSA) is 49.4 Å². The first-order valence-electron chi connectivity index (χ1n) is 6.79. The number of carbonyl (C=O) groups is 2. The molecule has 20 heavy (non-hydrogen) atoms. The van der Waals surface area contributed by atoms with Gasteiger partial charge in [-0.2, -0.15) is 0 Å². The molecule has 1 atom stereocenters. The van der Waals surface area contributed by atoms with Crippen LogP contribution in [0.25, 0.3) is 0 Å². The predicted octanol–water partition coefficient (Wildman–Crippen LogP) is 2.26. The fourth-order valence-electron chi connectivity index (χ4n) is 2.27. The van der Waals surface area contributed by atoms with Crippen LogP contribution in [0.2, 0.25) is 0 Å². The number of rotatable bonds is 6. The summed E-state index contributed by atoms with van der Waals surface area (Å²) in [6, 6.07) is 0. The number of hydrogen-bond acceptors (Lipinski definition) is 4. The molecule has 1 aliphatic heterocycles. The van der Waals surface area contributed by atoms with E-state index in [1.54, 1.807) is 11.8 Å². The molecular weight excluding hydrogens is 296 g/mol. The van der Waals surface area contributed by atoms with Crippen molar-refractivity contribution in [2.75, 3.05) is 19.5 Å². The van der Waals surface area contributed by atoms with E-state index >= 15 is 0 Å². The minimum Gasteiger partial charge on any atom is -0.361 e. The molecule has 6 heteroatoms. The van der Waals surface area contributed by atoms with Gasteiger partial charge >= 0.3 is 0 Å². The normalized spacial score (nSPS) is 21.4. The number of amides is 1. The minimum atomic E-state index is 0.0463. The maximum absolute atomic E-state index is 11.8. The maximum atomic E-state index is 11.8. The molecule has 2 rings (SSSR count). The number of ketones is 1. The van der Waals surface area contributed by atoms with Gasteiger partial charge in [-0.1, -0.05) is 17.8 Å². The Morgan fingerprint density at radius 2 is 2.40 bits per heavy atom. The molecule has 0 aromatic heterocycles. The standard InChI is InChI=1S/C14H19ClN2O2S/c1-17-10-4-2-5-11(18)14(10)20-13(17)7-9-16-12(19)6-3-8-15/h2,4,13H,3,5-9H2,1H3,(H,16,19). The lowest BCUT2D eigenvalue weighted by Crippen LogP contribution is -2.30. The third-order valence-electron chi connectivity index (χ3n) is 3.38. The van der Waals surface area contributed by atoms with Crippen molar-refractivity contribution < 1.29 is 9.59 Å². The highest BCUT2D eigenvalue weighted by atomic mass is 35.5. The number of alkyl halides is 1. The zero-order valence-electron chi connectivity index (χ0n) is 11.5. The molecule has 1 aliphatic carbocycles. The average molecular weight is 315 g/mol. The van der Waals surface area contributed by atoms with E-state index < -0.39 is 0 Å². The number of likely N-dealkylation sites (N-methyl/N-ethyl adjacent to an activating group) is 1. The summed E-state index contributed by atoms with van der Waals surface area (Å²) in [6.07, 6.45) is 6.44. The van der Waals surface area contributed by atoms with Gasteiger partial charge in [0.15, 0.2) is 5.78 Å². The first-order chi connectivity index (χ1) is 9.63. The zero-order chi connectivity index (χ0) is 14.5. The van der Waals surface area contributed by atoms with Crippen LogP contribution >= 0.6 is 23.4 Å². The van der Waals surface area contributed by atoms with Crippen molar-refractivity contribution in [1.82, 2.24) is 10.2 Å². The van der Waals surface area contributed by atoms with E-state index in [4.69, 9.17) is 11.6 Å². The van der Waals surface area contributed by atoms with Gasteiger partial charge < -0.3 is 10.2 Å². The third kappa shape index (κ3) is 3.58. The summed E-state index contributed by atoms with van der Waals surface area (Å²) >= 11 is 7.16. The summed E-state index contributed by atoms with van der Waals surface area (Å²) in [5.41, 5.74) is 1.02. The van der Waals surface area contributed by atoms with E-state index in [0.717, 1.165) is 17.0 Å². The van der Waals surface area contributed by atoms with Crippen LogP contribution in [0.1, 0.15) is 25.7 Å². The molecule has 1 unspecified atom stereocenters. The Labute approximate surface area is 128 Å². The highest BCUT2D eigenvalue weighted by Gasteiger charge is 2.33. The summed E-state index contributed by atoms with van der Waals surface area (Å²) in [5, 5.41) is 3.12. The SMILES string of the molecule is CN1C2=C(SC1CCNC(=O)CCCCl)C(=O)CC=C2. The molecule has 0 spiro atoms. The van der Waals surface area contributed by atoms with Crippen LogP contribution in [-0.2, 0) is 9.59 Å². The molecule has 2 aliphatic rings. The van der Waals surface area contributed by atoms with Crippen LogP contribution in [0.4, 0.5) is 0 Å². The molecule has 0 bridgehead atoms. The molecule has 0 aromatic carbocycles. The van der Waals surface area contributed by atoms with E-state index in [9.17, 15) is 9.59 Å². The van der Waals surface area contributed by atoms with Gasteiger partial charge in [-0.3, -0.25) is 9.59 Å². The smallest absolute Gasteiger partial charge is 0.220 e. The number of thioether (sulfide) groups is 1. The second-order valence-corrected chi connectivity index (χ2v) is 6.42. The Hall–Kier alpha value is -0.940. The van der Waals surface area contributed by atoms with Crippen molar-refractivity contribution in [2.45, 2.75) is 31.1 Å². The van der Waals surface area contributed by atoms with Gasteiger partial charge in [0.05, 0.1) is 16.0 Å². The average Bonchev–Trinajstić information content (AvgIpc) is 2.76. The quantitative estimate of drug-likeness (QED) is 0.764. The number of allylic oxidation sites excluding steroid dienone is 3. The van der Waals surface area contributed by atoms with Gasteiger partial charge in [0, 0.05) is 32.3 Å². The predicted molar refractivity (Wildman–Crippen MR) is 82.5 cm³/mol. The van der Waals surface area contributed by atoms with Crippen LogP contribution in [0.15, 0.2) is 22.8 Å². The van der Waals surface area contributed by atoms with Crippen molar-refractivity contribution in [2.24, 2.45) is 0 Å². The zero-order valence-corrected chi connectivity index (χ0v) is 13.1. The fourth-order valence-corrected chi connectivity index (χ4v) is 3.73. The van der Waals surface area contributed by atoms with Crippen molar-refractivity contribution >= 4 is 35.1 Å². The van der Waals surface area contributed by atoms with Gasteiger partial charge in [-0.15, -0.1) is 11.6 Å². The van der Waals surface area contributed by atoms with Gasteiger partial charge in [0.2, 0.25) is 5.91 Å². The van der Waals surface area contributed by atoms with Crippen LogP contribution < -0.4 is 5.32 Å². The van der Waals surface area contributed by atoms with E-state index in [1.807, 2.05) is 19.2 Å². The van der Waals surface area contributed by atoms with Gasteiger partial charge in [0.1, 0.15) is 0 Å². The van der Waals surface area contributed by atoms with Crippen LogP contribution in [-0.4, -0.2) is 41.4 Å². The second kappa shape index (κ2) is 7.18. The van der Waals surface area contributed by atoms with Crippen molar-refractivity contribution in [3.63, 3.8) is 0 Å². The van der Waals surface area contributed by atoms with Crippen molar-refractivity contribution in [3.8, 4) is 0 Å². The van der Waals surface area contributed by atoms with Gasteiger partial charge in [0.25, 0.3) is 0 Å². The Morgan fingerprint density at radius 3 is 3.10 bits per heavy atom. The van der Waals surface area contributed by atoms with E-state index in [1.165, 1.54) is 0 Å². The molecule has 110 valence electrons. The lowest BCUT2D eigenvalue weighted by Gasteiger charge is -2.23. The first-order valence-corrected chi connectivity index (χ1v) is 8.21. The number of nitrogens with one attached hydrogen (secondary N) is 1. The number of carbonyl (C=O) groups excluding carboxylic acids is 2.